The second-order valence-corrected chi connectivity index (χ2v) is 7.74. The molecule has 6 nitrogen and oxygen atoms in total. The number of aryl methyl sites for hydroxylation is 1. The van der Waals surface area contributed by atoms with Crippen LogP contribution in [0.4, 0.5) is 0 Å². The third-order valence-electron chi connectivity index (χ3n) is 5.28. The first-order valence-electron chi connectivity index (χ1n) is 10.7. The average Bonchev–Trinajstić information content (AvgIpc) is 3.15. The molecule has 0 fully saturated rings. The molecule has 0 bridgehead atoms. The van der Waals surface area contributed by atoms with Gasteiger partial charge < -0.3 is 15.2 Å². The Bertz CT molecular complexity index is 1230. The summed E-state index contributed by atoms with van der Waals surface area (Å²) in [5.41, 5.74) is 4.47. The van der Waals surface area contributed by atoms with Crippen molar-refractivity contribution >= 4 is 22.8 Å². The van der Waals surface area contributed by atoms with Crippen LogP contribution in [0, 0.1) is 6.92 Å². The first kappa shape index (κ1) is 21.3. The lowest BCUT2D eigenvalue weighted by atomic mass is 10.1. The summed E-state index contributed by atoms with van der Waals surface area (Å²) in [5, 5.41) is 5.93. The highest BCUT2D eigenvalue weighted by Crippen LogP contribution is 2.16. The molecular formula is C26H26N4O2. The summed E-state index contributed by atoms with van der Waals surface area (Å²) in [6.45, 7) is 3.05. The Morgan fingerprint density at radius 3 is 2.50 bits per heavy atom. The molecule has 162 valence electrons. The number of amides is 2. The number of aromatic nitrogens is 2. The number of imidazole rings is 1. The number of fused-ring (bicyclic) bond motifs is 1. The third-order valence-corrected chi connectivity index (χ3v) is 5.28. The second kappa shape index (κ2) is 9.92. The van der Waals surface area contributed by atoms with Crippen molar-refractivity contribution in [2.75, 3.05) is 6.54 Å². The van der Waals surface area contributed by atoms with E-state index in [2.05, 4.69) is 10.6 Å². The summed E-state index contributed by atoms with van der Waals surface area (Å²) < 4.78 is 1.93. The molecule has 0 atom stereocenters. The number of hydrogen-bond acceptors (Lipinski definition) is 3. The molecule has 0 spiro atoms. The van der Waals surface area contributed by atoms with Crippen LogP contribution in [0.5, 0.6) is 0 Å². The van der Waals surface area contributed by atoms with Crippen LogP contribution in [-0.2, 0) is 24.3 Å². The van der Waals surface area contributed by atoms with Gasteiger partial charge in [-0.2, -0.15) is 0 Å². The zero-order valence-electron chi connectivity index (χ0n) is 18.0. The summed E-state index contributed by atoms with van der Waals surface area (Å²) in [7, 11) is 0. The maximum Gasteiger partial charge on any atom is 0.251 e. The zero-order valence-corrected chi connectivity index (χ0v) is 18.0. The molecule has 4 rings (SSSR count). The highest BCUT2D eigenvalue weighted by Gasteiger charge is 2.14. The summed E-state index contributed by atoms with van der Waals surface area (Å²) in [4.78, 5) is 29.8. The smallest absolute Gasteiger partial charge is 0.251 e. The van der Waals surface area contributed by atoms with Gasteiger partial charge in [0, 0.05) is 25.1 Å². The number of carbonyl (C=O) groups excluding carboxylic acids is 2. The van der Waals surface area contributed by atoms with Crippen molar-refractivity contribution in [3.63, 3.8) is 0 Å². The average molecular weight is 427 g/mol. The molecule has 3 aromatic carbocycles. The highest BCUT2D eigenvalue weighted by atomic mass is 16.2. The van der Waals surface area contributed by atoms with Gasteiger partial charge in [-0.05, 0) is 36.8 Å². The van der Waals surface area contributed by atoms with E-state index < -0.39 is 0 Å². The molecule has 0 radical (unpaired) electrons. The van der Waals surface area contributed by atoms with Crippen LogP contribution in [0.1, 0.15) is 27.3 Å². The van der Waals surface area contributed by atoms with Crippen LogP contribution in [0.2, 0.25) is 0 Å². The second-order valence-electron chi connectivity index (χ2n) is 7.74. The van der Waals surface area contributed by atoms with E-state index in [-0.39, 0.29) is 18.4 Å². The monoisotopic (exact) mass is 426 g/mol. The van der Waals surface area contributed by atoms with Gasteiger partial charge in [-0.3, -0.25) is 9.59 Å². The molecule has 32 heavy (non-hydrogen) atoms. The van der Waals surface area contributed by atoms with Crippen molar-refractivity contribution in [3.05, 3.63) is 101 Å². The molecule has 2 amide bonds. The number of carbonyl (C=O) groups is 2. The number of benzene rings is 3. The Morgan fingerprint density at radius 1 is 0.906 bits per heavy atom. The van der Waals surface area contributed by atoms with Crippen molar-refractivity contribution in [2.45, 2.75) is 26.4 Å². The quantitative estimate of drug-likeness (QED) is 0.452. The summed E-state index contributed by atoms with van der Waals surface area (Å²) in [6.07, 6.45) is 0.526. The first-order chi connectivity index (χ1) is 15.6. The van der Waals surface area contributed by atoms with E-state index in [4.69, 9.17) is 4.98 Å². The molecule has 1 heterocycles. The molecule has 2 N–H and O–H groups in total. The molecule has 0 aliphatic carbocycles. The largest absolute Gasteiger partial charge is 0.352 e. The highest BCUT2D eigenvalue weighted by molar-refractivity contribution is 5.94. The van der Waals surface area contributed by atoms with Crippen molar-refractivity contribution in [1.29, 1.82) is 0 Å². The molecule has 1 aromatic heterocycles. The van der Waals surface area contributed by atoms with E-state index in [1.54, 1.807) is 6.07 Å². The van der Waals surface area contributed by atoms with Gasteiger partial charge in [-0.25, -0.2) is 4.98 Å². The number of nitrogens with one attached hydrogen (secondary N) is 2. The topological polar surface area (TPSA) is 76.0 Å². The number of nitrogens with zero attached hydrogens (tertiary/aromatic N) is 2. The summed E-state index contributed by atoms with van der Waals surface area (Å²) in [6, 6.07) is 25.1. The van der Waals surface area contributed by atoms with E-state index in [0.29, 0.717) is 25.1 Å². The molecule has 6 heteroatoms. The van der Waals surface area contributed by atoms with Gasteiger partial charge in [-0.15, -0.1) is 0 Å². The molecular weight excluding hydrogens is 400 g/mol. The minimum Gasteiger partial charge on any atom is -0.352 e. The van der Waals surface area contributed by atoms with Gasteiger partial charge in [-0.1, -0.05) is 60.2 Å². The molecule has 4 aromatic rings. The zero-order chi connectivity index (χ0) is 22.3. The van der Waals surface area contributed by atoms with E-state index >= 15 is 0 Å². The summed E-state index contributed by atoms with van der Waals surface area (Å²) in [5.74, 6) is 0.574. The minimum absolute atomic E-state index is 0.0814. The van der Waals surface area contributed by atoms with Crippen LogP contribution in [0.3, 0.4) is 0 Å². The Balaban J connectivity index is 1.43. The van der Waals surface area contributed by atoms with Gasteiger partial charge in [0.2, 0.25) is 5.91 Å². The fourth-order valence-corrected chi connectivity index (χ4v) is 3.66. The van der Waals surface area contributed by atoms with E-state index in [9.17, 15) is 9.59 Å². The Kier molecular flexibility index (Phi) is 6.60. The van der Waals surface area contributed by atoms with Crippen molar-refractivity contribution in [1.82, 2.24) is 20.2 Å². The molecule has 0 aliphatic rings. The predicted molar refractivity (Wildman–Crippen MR) is 125 cm³/mol. The Hall–Kier alpha value is -3.93. The number of rotatable bonds is 8. The lowest BCUT2D eigenvalue weighted by Crippen LogP contribution is -2.29. The lowest BCUT2D eigenvalue weighted by molar-refractivity contribution is -0.121. The predicted octanol–water partition coefficient (Wildman–Crippen LogP) is 3.63. The first-order valence-corrected chi connectivity index (χ1v) is 10.7. The number of hydrogen-bond donors (Lipinski definition) is 2. The van der Waals surface area contributed by atoms with E-state index in [0.717, 1.165) is 28.0 Å². The van der Waals surface area contributed by atoms with Crippen LogP contribution in [0.15, 0.2) is 78.9 Å². The standard InChI is InChI=1S/C26H26N4O2/c1-19-8-7-11-21(16-19)26(32)27-15-14-24-29-22-12-5-6-13-23(22)30(24)18-25(31)28-17-20-9-3-2-4-10-20/h2-13,16H,14-15,17-18H2,1H3,(H,27,32)(H,28,31). The van der Waals surface area contributed by atoms with Gasteiger partial charge in [0.05, 0.1) is 11.0 Å². The van der Waals surface area contributed by atoms with Crippen LogP contribution >= 0.6 is 0 Å². The van der Waals surface area contributed by atoms with Crippen molar-refractivity contribution in [3.8, 4) is 0 Å². The van der Waals surface area contributed by atoms with Gasteiger partial charge in [0.25, 0.3) is 5.91 Å². The van der Waals surface area contributed by atoms with Crippen LogP contribution < -0.4 is 10.6 Å². The number of para-hydroxylation sites is 2. The fraction of sp³-hybridized carbons (Fsp3) is 0.192. The van der Waals surface area contributed by atoms with Crippen molar-refractivity contribution in [2.24, 2.45) is 0 Å². The fourth-order valence-electron chi connectivity index (χ4n) is 3.66. The van der Waals surface area contributed by atoms with Crippen molar-refractivity contribution < 1.29 is 9.59 Å². The van der Waals surface area contributed by atoms with Crippen LogP contribution in [0.25, 0.3) is 11.0 Å². The van der Waals surface area contributed by atoms with Crippen LogP contribution in [-0.4, -0.2) is 27.9 Å². The van der Waals surface area contributed by atoms with E-state index in [1.165, 1.54) is 0 Å². The molecule has 0 saturated carbocycles. The SMILES string of the molecule is Cc1cccc(C(=O)NCCc2nc3ccccc3n2CC(=O)NCc2ccccc2)c1. The molecule has 0 unspecified atom stereocenters. The Morgan fingerprint density at radius 2 is 1.69 bits per heavy atom. The Labute approximate surface area is 187 Å². The normalized spacial score (nSPS) is 10.8. The third kappa shape index (κ3) is 5.21. The lowest BCUT2D eigenvalue weighted by Gasteiger charge is -2.11. The molecule has 0 saturated heterocycles. The summed E-state index contributed by atoms with van der Waals surface area (Å²) >= 11 is 0. The molecule has 0 aliphatic heterocycles. The van der Waals surface area contributed by atoms with Gasteiger partial charge >= 0.3 is 0 Å². The maximum absolute atomic E-state index is 12.6. The minimum atomic E-state index is -0.114. The maximum atomic E-state index is 12.6. The van der Waals surface area contributed by atoms with Gasteiger partial charge in [0.15, 0.2) is 0 Å². The van der Waals surface area contributed by atoms with E-state index in [1.807, 2.05) is 84.3 Å². The van der Waals surface area contributed by atoms with Gasteiger partial charge in [0.1, 0.15) is 12.4 Å².